The summed E-state index contributed by atoms with van der Waals surface area (Å²) in [5.41, 5.74) is 1.73. The summed E-state index contributed by atoms with van der Waals surface area (Å²) in [5, 5.41) is 9.17. The Bertz CT molecular complexity index is 238. The van der Waals surface area contributed by atoms with E-state index in [2.05, 4.69) is 4.98 Å². The smallest absolute Gasteiger partial charge is 0.137 e. The summed E-state index contributed by atoms with van der Waals surface area (Å²) in [4.78, 5) is 4.14. The minimum absolute atomic E-state index is 0. The van der Waals surface area contributed by atoms with Gasteiger partial charge in [0.2, 0.25) is 0 Å². The molecule has 0 atom stereocenters. The van der Waals surface area contributed by atoms with Crippen molar-refractivity contribution in [1.29, 1.82) is 0 Å². The molecular weight excluding hydrogens is 162 g/mol. The van der Waals surface area contributed by atoms with E-state index in [9.17, 15) is 5.11 Å². The van der Waals surface area contributed by atoms with Gasteiger partial charge in [0.15, 0.2) is 0 Å². The first-order valence-corrected chi connectivity index (χ1v) is 3.39. The standard InChI is InChI=1S/C8H11NO.ClH/c1-3-7-8(10)5-4-6(2)9-7;/h4-5,10H,3H2,1-2H3;1H/p-1. The maximum absolute atomic E-state index is 9.17. The summed E-state index contributed by atoms with van der Waals surface area (Å²) in [6.07, 6.45) is 0.785. The third kappa shape index (κ3) is 2.39. The van der Waals surface area contributed by atoms with Crippen LogP contribution in [0.15, 0.2) is 12.1 Å². The molecule has 0 unspecified atom stereocenters. The highest BCUT2D eigenvalue weighted by molar-refractivity contribution is 5.27. The van der Waals surface area contributed by atoms with E-state index in [4.69, 9.17) is 0 Å². The highest BCUT2D eigenvalue weighted by atomic mass is 35.5. The normalized spacial score (nSPS) is 8.91. The Labute approximate surface area is 72.7 Å². The monoisotopic (exact) mass is 172 g/mol. The van der Waals surface area contributed by atoms with Crippen LogP contribution < -0.4 is 12.4 Å². The van der Waals surface area contributed by atoms with Gasteiger partial charge in [0.25, 0.3) is 0 Å². The summed E-state index contributed by atoms with van der Waals surface area (Å²) < 4.78 is 0. The van der Waals surface area contributed by atoms with Crippen molar-refractivity contribution < 1.29 is 17.5 Å². The van der Waals surface area contributed by atoms with Gasteiger partial charge in [0.1, 0.15) is 5.75 Å². The molecule has 1 rings (SSSR count). The number of rotatable bonds is 1. The topological polar surface area (TPSA) is 33.1 Å². The van der Waals surface area contributed by atoms with Crippen LogP contribution in [0.1, 0.15) is 18.3 Å². The fourth-order valence-electron chi connectivity index (χ4n) is 0.863. The van der Waals surface area contributed by atoms with Crippen molar-refractivity contribution in [2.75, 3.05) is 0 Å². The van der Waals surface area contributed by atoms with Crippen LogP contribution in [0.4, 0.5) is 0 Å². The molecule has 0 fully saturated rings. The quantitative estimate of drug-likeness (QED) is 0.569. The Kier molecular flexibility index (Phi) is 3.90. The van der Waals surface area contributed by atoms with E-state index in [0.29, 0.717) is 5.75 Å². The van der Waals surface area contributed by atoms with Crippen molar-refractivity contribution in [3.05, 3.63) is 23.5 Å². The van der Waals surface area contributed by atoms with Crippen LogP contribution in [-0.2, 0) is 6.42 Å². The number of aryl methyl sites for hydroxylation is 2. The van der Waals surface area contributed by atoms with E-state index in [-0.39, 0.29) is 12.4 Å². The predicted octanol–water partition coefficient (Wildman–Crippen LogP) is -1.34. The second-order valence-electron chi connectivity index (χ2n) is 2.27. The molecule has 2 nitrogen and oxygen atoms in total. The van der Waals surface area contributed by atoms with Gasteiger partial charge < -0.3 is 17.5 Å². The van der Waals surface area contributed by atoms with E-state index in [1.807, 2.05) is 13.8 Å². The molecule has 11 heavy (non-hydrogen) atoms. The Hall–Kier alpha value is -0.760. The second-order valence-corrected chi connectivity index (χ2v) is 2.27. The highest BCUT2D eigenvalue weighted by Crippen LogP contribution is 2.14. The van der Waals surface area contributed by atoms with Gasteiger partial charge in [-0.05, 0) is 25.5 Å². The molecule has 62 valence electrons. The number of pyridine rings is 1. The highest BCUT2D eigenvalue weighted by Gasteiger charge is 1.97. The van der Waals surface area contributed by atoms with Gasteiger partial charge in [-0.25, -0.2) is 0 Å². The summed E-state index contributed by atoms with van der Waals surface area (Å²) in [7, 11) is 0. The lowest BCUT2D eigenvalue weighted by Crippen LogP contribution is -3.00. The molecule has 0 spiro atoms. The maximum atomic E-state index is 9.17. The van der Waals surface area contributed by atoms with E-state index < -0.39 is 0 Å². The lowest BCUT2D eigenvalue weighted by atomic mass is 10.2. The molecular formula is C8H11ClNO-. The van der Waals surface area contributed by atoms with Crippen molar-refractivity contribution in [3.63, 3.8) is 0 Å². The van der Waals surface area contributed by atoms with Crippen LogP contribution in [-0.4, -0.2) is 10.1 Å². The van der Waals surface area contributed by atoms with E-state index >= 15 is 0 Å². The molecule has 0 aliphatic heterocycles. The van der Waals surface area contributed by atoms with Gasteiger partial charge >= 0.3 is 0 Å². The van der Waals surface area contributed by atoms with Crippen LogP contribution in [0.5, 0.6) is 5.75 Å². The van der Waals surface area contributed by atoms with Crippen LogP contribution in [0.3, 0.4) is 0 Å². The number of nitrogens with zero attached hydrogens (tertiary/aromatic N) is 1. The zero-order valence-corrected chi connectivity index (χ0v) is 7.39. The van der Waals surface area contributed by atoms with E-state index in [1.165, 1.54) is 0 Å². The van der Waals surface area contributed by atoms with Crippen molar-refractivity contribution >= 4 is 0 Å². The van der Waals surface area contributed by atoms with Gasteiger partial charge in [0.05, 0.1) is 5.69 Å². The fraction of sp³-hybridized carbons (Fsp3) is 0.375. The zero-order valence-electron chi connectivity index (χ0n) is 6.63. The molecule has 0 aliphatic carbocycles. The molecule has 0 radical (unpaired) electrons. The zero-order chi connectivity index (χ0) is 7.56. The average Bonchev–Trinajstić information content (AvgIpc) is 1.94. The Morgan fingerprint density at radius 1 is 1.45 bits per heavy atom. The van der Waals surface area contributed by atoms with Gasteiger partial charge in [-0.3, -0.25) is 4.98 Å². The molecule has 0 saturated heterocycles. The molecule has 1 heterocycles. The number of hydrogen-bond acceptors (Lipinski definition) is 2. The Balaban J connectivity index is 0.000001000. The summed E-state index contributed by atoms with van der Waals surface area (Å²) >= 11 is 0. The molecule has 1 N–H and O–H groups in total. The second kappa shape index (κ2) is 4.19. The lowest BCUT2D eigenvalue weighted by Gasteiger charge is -1.99. The van der Waals surface area contributed by atoms with E-state index in [1.54, 1.807) is 12.1 Å². The molecule has 1 aromatic heterocycles. The first-order chi connectivity index (χ1) is 4.74. The molecule has 0 saturated carbocycles. The van der Waals surface area contributed by atoms with E-state index in [0.717, 1.165) is 17.8 Å². The maximum Gasteiger partial charge on any atom is 0.137 e. The van der Waals surface area contributed by atoms with Gasteiger partial charge in [-0.2, -0.15) is 0 Å². The molecule has 0 bridgehead atoms. The number of halogens is 1. The molecule has 0 amide bonds. The van der Waals surface area contributed by atoms with Crippen LogP contribution in [0, 0.1) is 6.92 Å². The van der Waals surface area contributed by atoms with Crippen molar-refractivity contribution in [2.45, 2.75) is 20.3 Å². The number of hydrogen-bond donors (Lipinski definition) is 1. The number of aromatic nitrogens is 1. The number of aromatic hydroxyl groups is 1. The minimum Gasteiger partial charge on any atom is -1.00 e. The summed E-state index contributed by atoms with van der Waals surface area (Å²) in [6, 6.07) is 3.48. The molecule has 3 heteroatoms. The third-order valence-electron chi connectivity index (χ3n) is 1.42. The van der Waals surface area contributed by atoms with Crippen molar-refractivity contribution in [1.82, 2.24) is 4.98 Å². The lowest BCUT2D eigenvalue weighted by molar-refractivity contribution is -0.00000328. The predicted molar refractivity (Wildman–Crippen MR) is 40.0 cm³/mol. The Morgan fingerprint density at radius 2 is 2.09 bits per heavy atom. The average molecular weight is 173 g/mol. The van der Waals surface area contributed by atoms with Gasteiger partial charge in [-0.15, -0.1) is 0 Å². The molecule has 0 aromatic carbocycles. The van der Waals surface area contributed by atoms with Crippen molar-refractivity contribution in [3.8, 4) is 5.75 Å². The van der Waals surface area contributed by atoms with Crippen LogP contribution in [0.2, 0.25) is 0 Å². The first-order valence-electron chi connectivity index (χ1n) is 3.39. The van der Waals surface area contributed by atoms with Gasteiger partial charge in [-0.1, -0.05) is 6.92 Å². The minimum atomic E-state index is 0. The first kappa shape index (κ1) is 10.2. The Morgan fingerprint density at radius 3 is 2.55 bits per heavy atom. The van der Waals surface area contributed by atoms with Crippen LogP contribution in [0.25, 0.3) is 0 Å². The third-order valence-corrected chi connectivity index (χ3v) is 1.42. The molecule has 1 aromatic rings. The largest absolute Gasteiger partial charge is 1.00 e. The summed E-state index contributed by atoms with van der Waals surface area (Å²) in [6.45, 7) is 3.89. The van der Waals surface area contributed by atoms with Crippen molar-refractivity contribution in [2.24, 2.45) is 0 Å². The van der Waals surface area contributed by atoms with Gasteiger partial charge in [0, 0.05) is 5.69 Å². The fourth-order valence-corrected chi connectivity index (χ4v) is 0.863. The van der Waals surface area contributed by atoms with Crippen LogP contribution >= 0.6 is 0 Å². The summed E-state index contributed by atoms with van der Waals surface area (Å²) in [5.74, 6) is 0.299. The molecule has 0 aliphatic rings. The SMILES string of the molecule is CCc1nc(C)ccc1O.[Cl-].